The summed E-state index contributed by atoms with van der Waals surface area (Å²) in [5.74, 6) is 7.15. The molecule has 6 rings (SSSR count). The molecule has 4 heteroatoms. The number of nitrogens with zero attached hydrogens (tertiary/aromatic N) is 2. The fourth-order valence-corrected chi connectivity index (χ4v) is 7.58. The van der Waals surface area contributed by atoms with Crippen LogP contribution in [0.25, 0.3) is 49.0 Å². The summed E-state index contributed by atoms with van der Waals surface area (Å²) in [6.45, 7) is 2.16. The number of hydrogen-bond donors (Lipinski definition) is 0. The van der Waals surface area contributed by atoms with Gasteiger partial charge in [0, 0.05) is 0 Å². The molecular weight excluding hydrogens is 432 g/mol. The van der Waals surface area contributed by atoms with E-state index in [4.69, 9.17) is 0 Å². The van der Waals surface area contributed by atoms with Crippen molar-refractivity contribution in [3.8, 4) is 0 Å². The van der Waals surface area contributed by atoms with Crippen molar-refractivity contribution < 1.29 is 8.96 Å². The predicted molar refractivity (Wildman–Crippen MR) is 127 cm³/mol. The van der Waals surface area contributed by atoms with Gasteiger partial charge in [-0.05, 0) is 0 Å². The molecular formula is C26H24FGeN2+. The van der Waals surface area contributed by atoms with Crippen LogP contribution in [-0.4, -0.2) is 17.7 Å². The molecule has 3 aromatic carbocycles. The van der Waals surface area contributed by atoms with Crippen LogP contribution in [0.1, 0.15) is 5.56 Å². The van der Waals surface area contributed by atoms with Crippen LogP contribution in [0.4, 0.5) is 4.39 Å². The van der Waals surface area contributed by atoms with E-state index in [9.17, 15) is 0 Å². The Labute approximate surface area is 177 Å². The van der Waals surface area contributed by atoms with Crippen molar-refractivity contribution in [3.63, 3.8) is 0 Å². The molecule has 0 N–H and O–H groups in total. The number of hydrogen-bond acceptors (Lipinski definition) is 0. The van der Waals surface area contributed by atoms with E-state index >= 15 is 4.39 Å². The number of aromatic nitrogens is 2. The van der Waals surface area contributed by atoms with Crippen LogP contribution in [-0.2, 0) is 7.05 Å². The van der Waals surface area contributed by atoms with Crippen molar-refractivity contribution in [2.75, 3.05) is 0 Å². The number of aryl methyl sites for hydroxylation is 2. The van der Waals surface area contributed by atoms with Crippen molar-refractivity contribution in [1.82, 2.24) is 4.40 Å². The molecule has 0 aliphatic heterocycles. The summed E-state index contributed by atoms with van der Waals surface area (Å²) in [6, 6.07) is 16.7. The molecule has 0 saturated carbocycles. The molecule has 0 saturated heterocycles. The third-order valence-corrected chi connectivity index (χ3v) is 10.9. The van der Waals surface area contributed by atoms with Crippen LogP contribution in [0.5, 0.6) is 0 Å². The Morgan fingerprint density at radius 3 is 2.47 bits per heavy atom. The Hall–Kier alpha value is -2.66. The molecule has 2 nitrogen and oxygen atoms in total. The number of rotatable bonds is 1. The second-order valence-electron chi connectivity index (χ2n) is 9.61. The molecule has 0 aliphatic carbocycles. The molecule has 0 fully saturated rings. The third-order valence-electron chi connectivity index (χ3n) is 6.67. The van der Waals surface area contributed by atoms with Gasteiger partial charge >= 0.3 is 177 Å². The zero-order valence-electron chi connectivity index (χ0n) is 18.0. The average Bonchev–Trinajstić information content (AvgIpc) is 3.03. The Bertz CT molecular complexity index is 1650. The summed E-state index contributed by atoms with van der Waals surface area (Å²) in [5, 5.41) is 5.47. The number of fused-ring (bicyclic) bond motifs is 5. The van der Waals surface area contributed by atoms with Gasteiger partial charge in [-0.25, -0.2) is 0 Å². The van der Waals surface area contributed by atoms with Gasteiger partial charge in [0.15, 0.2) is 0 Å². The van der Waals surface area contributed by atoms with Crippen molar-refractivity contribution in [2.24, 2.45) is 7.05 Å². The summed E-state index contributed by atoms with van der Waals surface area (Å²) in [4.78, 5) is 0. The topological polar surface area (TPSA) is 8.29 Å². The van der Waals surface area contributed by atoms with Gasteiger partial charge < -0.3 is 0 Å². The van der Waals surface area contributed by atoms with E-state index in [1.165, 1.54) is 37.2 Å². The molecule has 0 bridgehead atoms. The van der Waals surface area contributed by atoms with Crippen molar-refractivity contribution in [2.45, 2.75) is 24.2 Å². The Balaban J connectivity index is 2.08. The summed E-state index contributed by atoms with van der Waals surface area (Å²) in [6.07, 6.45) is 2.16. The van der Waals surface area contributed by atoms with Gasteiger partial charge in [-0.1, -0.05) is 0 Å². The minimum atomic E-state index is -2.09. The number of halogens is 1. The van der Waals surface area contributed by atoms with Crippen LogP contribution in [0.3, 0.4) is 0 Å². The normalized spacial score (nSPS) is 13.0. The quantitative estimate of drug-likeness (QED) is 0.128. The standard InChI is InChI=1S/C26H24FGeN2/c1-15-9-10-18-24-19(27)7-6-8-20(24)30-21-14-17(28(2,3)4)13-16-11-12-29(5)26(23(16)21)22(15)25(18)30/h6-14H,1-5H3/q+1. The molecule has 0 unspecified atom stereocenters. The van der Waals surface area contributed by atoms with Crippen LogP contribution >= 0.6 is 0 Å². The molecule has 148 valence electrons. The zero-order valence-corrected chi connectivity index (χ0v) is 20.1. The van der Waals surface area contributed by atoms with Gasteiger partial charge in [-0.2, -0.15) is 0 Å². The van der Waals surface area contributed by atoms with Crippen molar-refractivity contribution >= 4 is 66.7 Å². The molecule has 0 amide bonds. The summed E-state index contributed by atoms with van der Waals surface area (Å²) in [7, 11) is 2.12. The summed E-state index contributed by atoms with van der Waals surface area (Å²) in [5.41, 5.74) is 5.73. The SMILES string of the molecule is Cc1ccc2c3c(F)cccc3n3c4c[c]([Ge]([CH3])([CH3])[CH3])cc5cc[n+](C)c(c1c23)c54. The monoisotopic (exact) mass is 457 g/mol. The van der Waals surface area contributed by atoms with Gasteiger partial charge in [0.05, 0.1) is 0 Å². The number of benzene rings is 3. The van der Waals surface area contributed by atoms with Gasteiger partial charge in [-0.3, -0.25) is 0 Å². The second kappa shape index (κ2) is 5.73. The molecule has 3 heterocycles. The van der Waals surface area contributed by atoms with E-state index in [1.807, 2.05) is 6.07 Å². The molecule has 0 spiro atoms. The summed E-state index contributed by atoms with van der Waals surface area (Å²) < 4.78 is 21.1. The van der Waals surface area contributed by atoms with E-state index in [1.54, 1.807) is 6.07 Å². The minimum absolute atomic E-state index is 0.151. The van der Waals surface area contributed by atoms with E-state index in [2.05, 4.69) is 82.8 Å². The van der Waals surface area contributed by atoms with Crippen molar-refractivity contribution in [3.05, 3.63) is 66.1 Å². The molecule has 0 atom stereocenters. The molecule has 30 heavy (non-hydrogen) atoms. The molecule has 3 aromatic heterocycles. The zero-order chi connectivity index (χ0) is 20.9. The maximum atomic E-state index is 15.1. The molecule has 0 aliphatic rings. The average molecular weight is 456 g/mol. The molecule has 6 aromatic rings. The predicted octanol–water partition coefficient (Wildman–Crippen LogP) is 5.81. The maximum absolute atomic E-state index is 15.1. The van der Waals surface area contributed by atoms with E-state index < -0.39 is 13.3 Å². The Kier molecular flexibility index (Phi) is 3.46. The van der Waals surface area contributed by atoms with Crippen LogP contribution in [0.2, 0.25) is 17.3 Å². The first kappa shape index (κ1) is 18.1. The third kappa shape index (κ3) is 2.16. The Morgan fingerprint density at radius 1 is 0.900 bits per heavy atom. The van der Waals surface area contributed by atoms with Crippen LogP contribution in [0.15, 0.2) is 54.7 Å². The van der Waals surface area contributed by atoms with Crippen LogP contribution in [0, 0.1) is 12.7 Å². The first-order valence-electron chi connectivity index (χ1n) is 10.5. The van der Waals surface area contributed by atoms with Gasteiger partial charge in [-0.15, -0.1) is 0 Å². The fraction of sp³-hybridized carbons (Fsp3) is 0.192. The van der Waals surface area contributed by atoms with E-state index in [0.29, 0.717) is 0 Å². The first-order valence-corrected chi connectivity index (χ1v) is 17.8. The van der Waals surface area contributed by atoms with E-state index in [-0.39, 0.29) is 5.82 Å². The summed E-state index contributed by atoms with van der Waals surface area (Å²) >= 11 is -2.09. The number of pyridine rings is 2. The van der Waals surface area contributed by atoms with Gasteiger partial charge in [0.2, 0.25) is 0 Å². The fourth-order valence-electron chi connectivity index (χ4n) is 5.15. The Morgan fingerprint density at radius 2 is 1.70 bits per heavy atom. The van der Waals surface area contributed by atoms with Gasteiger partial charge in [0.25, 0.3) is 0 Å². The second-order valence-corrected chi connectivity index (χ2v) is 20.3. The van der Waals surface area contributed by atoms with E-state index in [0.717, 1.165) is 21.8 Å². The van der Waals surface area contributed by atoms with Crippen molar-refractivity contribution in [1.29, 1.82) is 0 Å². The molecule has 0 radical (unpaired) electrons. The first-order chi connectivity index (χ1) is 14.3. The van der Waals surface area contributed by atoms with Crippen LogP contribution < -0.4 is 8.96 Å². The van der Waals surface area contributed by atoms with Gasteiger partial charge in [0.1, 0.15) is 0 Å².